The number of anilines is 1. The summed E-state index contributed by atoms with van der Waals surface area (Å²) in [7, 11) is -5.47. The van der Waals surface area contributed by atoms with E-state index in [1.165, 1.54) is 31.4 Å². The molecule has 8 heteroatoms. The molecule has 0 saturated heterocycles. The smallest absolute Gasteiger partial charge is 0.261 e. The van der Waals surface area contributed by atoms with Crippen LogP contribution in [0.25, 0.3) is 0 Å². The van der Waals surface area contributed by atoms with E-state index in [4.69, 9.17) is 0 Å². The summed E-state index contributed by atoms with van der Waals surface area (Å²) in [5.41, 5.74) is 0.180. The average molecular weight is 345 g/mol. The van der Waals surface area contributed by atoms with Gasteiger partial charge in [0.1, 0.15) is 11.6 Å². The summed E-state index contributed by atoms with van der Waals surface area (Å²) < 4.78 is 64.7. The monoisotopic (exact) mass is 345 g/mol. The molecule has 118 valence electrons. The maximum Gasteiger partial charge on any atom is 0.261 e. The number of rotatable bonds is 4. The van der Waals surface area contributed by atoms with Crippen molar-refractivity contribution in [1.29, 1.82) is 0 Å². The minimum atomic E-state index is -3.96. The molecule has 0 amide bonds. The zero-order chi connectivity index (χ0) is 16.5. The Morgan fingerprint density at radius 2 is 1.73 bits per heavy atom. The van der Waals surface area contributed by atoms with Gasteiger partial charge in [0.25, 0.3) is 10.0 Å². The van der Waals surface area contributed by atoms with Crippen molar-refractivity contribution in [3.05, 3.63) is 53.6 Å². The van der Waals surface area contributed by atoms with Gasteiger partial charge in [-0.15, -0.1) is 0 Å². The number of benzene rings is 2. The molecule has 0 aliphatic heterocycles. The zero-order valence-electron chi connectivity index (χ0n) is 11.8. The van der Waals surface area contributed by atoms with Gasteiger partial charge in [-0.25, -0.2) is 17.2 Å². The maximum absolute atomic E-state index is 13.7. The first kappa shape index (κ1) is 16.6. The van der Waals surface area contributed by atoms with Gasteiger partial charge in [0.05, 0.1) is 26.3 Å². The minimum Gasteiger partial charge on any atom is -0.280 e. The molecular formula is C14H13F2NO3S2. The van der Waals surface area contributed by atoms with Crippen LogP contribution in [0.15, 0.2) is 46.2 Å². The second-order valence-electron chi connectivity index (χ2n) is 4.62. The number of hydrogen-bond acceptors (Lipinski definition) is 3. The number of aryl methyl sites for hydroxylation is 1. The lowest BCUT2D eigenvalue weighted by molar-refractivity contribution is 0.595. The topological polar surface area (TPSA) is 63.2 Å². The van der Waals surface area contributed by atoms with Gasteiger partial charge >= 0.3 is 0 Å². The Morgan fingerprint density at radius 3 is 2.27 bits per heavy atom. The van der Waals surface area contributed by atoms with Crippen LogP contribution in [0.4, 0.5) is 14.5 Å². The van der Waals surface area contributed by atoms with Crippen LogP contribution in [0.1, 0.15) is 5.56 Å². The van der Waals surface area contributed by atoms with Crippen molar-refractivity contribution >= 4 is 26.5 Å². The Hall–Kier alpha value is -1.80. The highest BCUT2D eigenvalue weighted by molar-refractivity contribution is 7.92. The fraction of sp³-hybridized carbons (Fsp3) is 0.143. The van der Waals surface area contributed by atoms with Crippen LogP contribution in [0, 0.1) is 18.6 Å². The Morgan fingerprint density at radius 1 is 1.05 bits per heavy atom. The summed E-state index contributed by atoms with van der Waals surface area (Å²) in [6, 6.07) is 6.87. The lowest BCUT2D eigenvalue weighted by atomic mass is 10.2. The predicted molar refractivity (Wildman–Crippen MR) is 80.7 cm³/mol. The molecule has 0 aliphatic rings. The summed E-state index contributed by atoms with van der Waals surface area (Å²) >= 11 is 0. The summed E-state index contributed by atoms with van der Waals surface area (Å²) in [4.78, 5) is -0.143. The first-order chi connectivity index (χ1) is 10.2. The van der Waals surface area contributed by atoms with E-state index < -0.39 is 32.5 Å². The molecule has 0 radical (unpaired) electrons. The van der Waals surface area contributed by atoms with Gasteiger partial charge in [-0.2, -0.15) is 0 Å². The van der Waals surface area contributed by atoms with Gasteiger partial charge in [0.2, 0.25) is 0 Å². The molecule has 2 aromatic rings. The van der Waals surface area contributed by atoms with Gasteiger partial charge in [-0.1, -0.05) is 0 Å². The Kier molecular flexibility index (Phi) is 4.62. The van der Waals surface area contributed by atoms with E-state index in [2.05, 4.69) is 4.72 Å². The lowest BCUT2D eigenvalue weighted by Gasteiger charge is -2.10. The molecule has 0 bridgehead atoms. The van der Waals surface area contributed by atoms with E-state index in [9.17, 15) is 21.4 Å². The maximum atomic E-state index is 13.7. The first-order valence-corrected chi connectivity index (χ1v) is 9.17. The van der Waals surface area contributed by atoms with Gasteiger partial charge < -0.3 is 0 Å². The molecule has 0 spiro atoms. The fourth-order valence-corrected chi connectivity index (χ4v) is 3.52. The number of halogens is 2. The summed E-state index contributed by atoms with van der Waals surface area (Å²) in [5.74, 6) is -1.28. The summed E-state index contributed by atoms with van der Waals surface area (Å²) in [6.07, 6.45) is 1.32. The second-order valence-corrected chi connectivity index (χ2v) is 7.65. The predicted octanol–water partition coefficient (Wildman–Crippen LogP) is 2.81. The first-order valence-electron chi connectivity index (χ1n) is 6.12. The van der Waals surface area contributed by atoms with Crippen LogP contribution in [-0.2, 0) is 20.8 Å². The molecule has 0 fully saturated rings. The van der Waals surface area contributed by atoms with Crippen LogP contribution in [0.2, 0.25) is 0 Å². The number of nitrogens with one attached hydrogen (secondary N) is 1. The van der Waals surface area contributed by atoms with E-state index in [-0.39, 0.29) is 21.0 Å². The van der Waals surface area contributed by atoms with Crippen molar-refractivity contribution in [3.8, 4) is 0 Å². The van der Waals surface area contributed by atoms with Crippen molar-refractivity contribution in [2.75, 3.05) is 11.0 Å². The standard InChI is InChI=1S/C14H13F2NO3S2/c1-9-7-11(4-5-12(9)15)22(19,20)17-10-3-6-14(21(2)18)13(16)8-10/h3-8,17H,1-2H3/t21-/m1/s1. The molecule has 0 saturated carbocycles. The third-order valence-electron chi connectivity index (χ3n) is 2.93. The largest absolute Gasteiger partial charge is 0.280 e. The fourth-order valence-electron chi connectivity index (χ4n) is 1.80. The molecule has 1 N–H and O–H groups in total. The summed E-state index contributed by atoms with van der Waals surface area (Å²) in [6.45, 7) is 1.44. The van der Waals surface area contributed by atoms with Crippen molar-refractivity contribution in [1.82, 2.24) is 0 Å². The van der Waals surface area contributed by atoms with E-state index in [0.717, 1.165) is 18.2 Å². The van der Waals surface area contributed by atoms with Crippen LogP contribution < -0.4 is 4.72 Å². The van der Waals surface area contributed by atoms with Crippen molar-refractivity contribution in [2.45, 2.75) is 16.7 Å². The van der Waals surface area contributed by atoms with E-state index >= 15 is 0 Å². The number of sulfonamides is 1. The van der Waals surface area contributed by atoms with E-state index in [1.54, 1.807) is 0 Å². The van der Waals surface area contributed by atoms with Crippen LogP contribution >= 0.6 is 0 Å². The Balaban J connectivity index is 2.34. The molecule has 2 rings (SSSR count). The Bertz CT molecular complexity index is 851. The SMILES string of the molecule is Cc1cc(S(=O)(=O)Nc2ccc([S@@](C)=O)c(F)c2)ccc1F. The Labute approximate surface area is 129 Å². The van der Waals surface area contributed by atoms with Crippen molar-refractivity contribution in [3.63, 3.8) is 0 Å². The third-order valence-corrected chi connectivity index (χ3v) is 5.26. The molecule has 0 heterocycles. The molecular weight excluding hydrogens is 332 g/mol. The van der Waals surface area contributed by atoms with Crippen molar-refractivity contribution in [2.24, 2.45) is 0 Å². The molecule has 4 nitrogen and oxygen atoms in total. The second kappa shape index (κ2) is 6.13. The molecule has 0 aliphatic carbocycles. The molecule has 0 unspecified atom stereocenters. The normalized spacial score (nSPS) is 12.9. The number of hydrogen-bond donors (Lipinski definition) is 1. The minimum absolute atomic E-state index is 0.00585. The molecule has 22 heavy (non-hydrogen) atoms. The zero-order valence-corrected chi connectivity index (χ0v) is 13.4. The molecule has 0 aromatic heterocycles. The summed E-state index contributed by atoms with van der Waals surface area (Å²) in [5, 5.41) is 0. The highest BCUT2D eigenvalue weighted by Crippen LogP contribution is 2.21. The van der Waals surface area contributed by atoms with Gasteiger partial charge in [0, 0.05) is 6.26 Å². The highest BCUT2D eigenvalue weighted by Gasteiger charge is 2.16. The van der Waals surface area contributed by atoms with Crippen LogP contribution in [0.3, 0.4) is 0 Å². The van der Waals surface area contributed by atoms with E-state index in [1.807, 2.05) is 0 Å². The highest BCUT2D eigenvalue weighted by atomic mass is 32.2. The van der Waals surface area contributed by atoms with Crippen molar-refractivity contribution < 1.29 is 21.4 Å². The average Bonchev–Trinajstić information content (AvgIpc) is 2.40. The molecule has 1 atom stereocenters. The van der Waals surface area contributed by atoms with Gasteiger partial charge in [0.15, 0.2) is 0 Å². The quantitative estimate of drug-likeness (QED) is 0.927. The van der Waals surface area contributed by atoms with Crippen LogP contribution in [0.5, 0.6) is 0 Å². The van der Waals surface area contributed by atoms with Crippen LogP contribution in [-0.4, -0.2) is 18.9 Å². The van der Waals surface area contributed by atoms with E-state index in [0.29, 0.717) is 0 Å². The van der Waals surface area contributed by atoms with Gasteiger partial charge in [-0.05, 0) is 48.9 Å². The van der Waals surface area contributed by atoms with Gasteiger partial charge in [-0.3, -0.25) is 8.93 Å². The molecule has 2 aromatic carbocycles. The third kappa shape index (κ3) is 3.50. The lowest BCUT2D eigenvalue weighted by Crippen LogP contribution is -2.13.